The number of aromatic carboxylic acids is 1. The number of rotatable bonds is 1. The zero-order valence-corrected chi connectivity index (χ0v) is 7.01. The van der Waals surface area contributed by atoms with E-state index in [2.05, 4.69) is 10.1 Å². The first-order valence-electron chi connectivity index (χ1n) is 3.72. The standard InChI is InChI=1S/C7H7N5O2/c8-3-1-10-6-4(9)5(7(13)14)11-12(6)2-3/h1-2H,8-9H2,(H,13,14). The van der Waals surface area contributed by atoms with Crippen LogP contribution >= 0.6 is 0 Å². The van der Waals surface area contributed by atoms with Gasteiger partial charge in [-0.3, -0.25) is 0 Å². The first-order valence-corrected chi connectivity index (χ1v) is 3.72. The molecule has 72 valence electrons. The van der Waals surface area contributed by atoms with Crippen LogP contribution < -0.4 is 11.5 Å². The zero-order chi connectivity index (χ0) is 10.3. The van der Waals surface area contributed by atoms with Crippen LogP contribution in [0.25, 0.3) is 5.65 Å². The SMILES string of the molecule is Nc1cnc2c(N)c(C(=O)O)nn2c1. The first kappa shape index (κ1) is 8.30. The van der Waals surface area contributed by atoms with Gasteiger partial charge in [-0.05, 0) is 0 Å². The zero-order valence-electron chi connectivity index (χ0n) is 7.01. The maximum atomic E-state index is 10.7. The lowest BCUT2D eigenvalue weighted by Crippen LogP contribution is -2.01. The van der Waals surface area contributed by atoms with E-state index in [0.717, 1.165) is 0 Å². The van der Waals surface area contributed by atoms with E-state index in [0.29, 0.717) is 5.69 Å². The number of carbonyl (C=O) groups is 1. The quantitative estimate of drug-likeness (QED) is 0.566. The second kappa shape index (κ2) is 2.59. The van der Waals surface area contributed by atoms with Crippen molar-refractivity contribution in [2.24, 2.45) is 0 Å². The van der Waals surface area contributed by atoms with Gasteiger partial charge in [-0.2, -0.15) is 5.10 Å². The fourth-order valence-corrected chi connectivity index (χ4v) is 1.13. The minimum absolute atomic E-state index is 0.0394. The maximum absolute atomic E-state index is 10.7. The van der Waals surface area contributed by atoms with E-state index in [4.69, 9.17) is 16.6 Å². The summed E-state index contributed by atoms with van der Waals surface area (Å²) in [7, 11) is 0. The lowest BCUT2D eigenvalue weighted by Gasteiger charge is -1.93. The molecule has 0 aromatic carbocycles. The normalized spacial score (nSPS) is 10.6. The summed E-state index contributed by atoms with van der Waals surface area (Å²) in [5.74, 6) is -1.19. The predicted octanol–water partition coefficient (Wildman–Crippen LogP) is -0.408. The smallest absolute Gasteiger partial charge is 0.358 e. The summed E-state index contributed by atoms with van der Waals surface area (Å²) in [5.41, 5.74) is 11.5. The molecule has 0 saturated heterocycles. The molecule has 0 fully saturated rings. The van der Waals surface area contributed by atoms with Gasteiger partial charge in [0.15, 0.2) is 11.3 Å². The van der Waals surface area contributed by atoms with Crippen LogP contribution in [0.2, 0.25) is 0 Å². The first-order chi connectivity index (χ1) is 6.59. The summed E-state index contributed by atoms with van der Waals surface area (Å²) in [6, 6.07) is 0. The molecule has 0 amide bonds. The Hall–Kier alpha value is -2.31. The maximum Gasteiger partial charge on any atom is 0.358 e. The molecule has 7 heteroatoms. The van der Waals surface area contributed by atoms with E-state index in [-0.39, 0.29) is 17.0 Å². The van der Waals surface area contributed by atoms with E-state index >= 15 is 0 Å². The summed E-state index contributed by atoms with van der Waals surface area (Å²) in [6.45, 7) is 0. The highest BCUT2D eigenvalue weighted by atomic mass is 16.4. The Bertz CT molecular complexity index is 518. The number of hydrogen-bond acceptors (Lipinski definition) is 5. The van der Waals surface area contributed by atoms with E-state index in [1.54, 1.807) is 0 Å². The molecule has 0 saturated carbocycles. The van der Waals surface area contributed by atoms with Gasteiger partial charge in [0.2, 0.25) is 0 Å². The van der Waals surface area contributed by atoms with Crippen LogP contribution in [0.1, 0.15) is 10.5 Å². The topological polar surface area (TPSA) is 120 Å². The van der Waals surface area contributed by atoms with Crippen molar-refractivity contribution in [2.75, 3.05) is 11.5 Å². The number of fused-ring (bicyclic) bond motifs is 1. The molecule has 2 heterocycles. The van der Waals surface area contributed by atoms with Crippen LogP contribution in [-0.2, 0) is 0 Å². The van der Waals surface area contributed by atoms with E-state index in [1.165, 1.54) is 16.9 Å². The number of carboxylic acid groups (broad SMARTS) is 1. The Morgan fingerprint density at radius 3 is 2.86 bits per heavy atom. The Morgan fingerprint density at radius 1 is 1.50 bits per heavy atom. The molecule has 0 atom stereocenters. The molecular weight excluding hydrogens is 186 g/mol. The van der Waals surface area contributed by atoms with Crippen LogP contribution in [0.15, 0.2) is 12.4 Å². The van der Waals surface area contributed by atoms with Crippen molar-refractivity contribution in [2.45, 2.75) is 0 Å². The van der Waals surface area contributed by atoms with Gasteiger partial charge in [0.25, 0.3) is 0 Å². The Balaban J connectivity index is 2.79. The molecule has 5 N–H and O–H groups in total. The van der Waals surface area contributed by atoms with Crippen LogP contribution in [0.3, 0.4) is 0 Å². The number of anilines is 2. The lowest BCUT2D eigenvalue weighted by molar-refractivity contribution is 0.0691. The van der Waals surface area contributed by atoms with Crippen molar-refractivity contribution in [3.63, 3.8) is 0 Å². The second-order valence-corrected chi connectivity index (χ2v) is 2.72. The number of carboxylic acids is 1. The Labute approximate surface area is 78.0 Å². The highest BCUT2D eigenvalue weighted by Crippen LogP contribution is 2.16. The summed E-state index contributed by atoms with van der Waals surface area (Å²) in [6.07, 6.45) is 2.84. The summed E-state index contributed by atoms with van der Waals surface area (Å²) in [4.78, 5) is 14.5. The molecule has 2 aromatic rings. The number of aromatic nitrogens is 3. The third kappa shape index (κ3) is 1.03. The van der Waals surface area contributed by atoms with Crippen LogP contribution in [0, 0.1) is 0 Å². The number of nitrogens with two attached hydrogens (primary N) is 2. The molecule has 0 aliphatic heterocycles. The van der Waals surface area contributed by atoms with Gasteiger partial charge >= 0.3 is 5.97 Å². The molecule has 0 radical (unpaired) electrons. The van der Waals surface area contributed by atoms with Crippen LogP contribution in [0.5, 0.6) is 0 Å². The molecule has 0 spiro atoms. The molecule has 7 nitrogen and oxygen atoms in total. The summed E-state index contributed by atoms with van der Waals surface area (Å²) < 4.78 is 1.24. The number of hydrogen-bond donors (Lipinski definition) is 3. The highest BCUT2D eigenvalue weighted by Gasteiger charge is 2.16. The minimum atomic E-state index is -1.19. The van der Waals surface area contributed by atoms with Gasteiger partial charge in [0, 0.05) is 0 Å². The van der Waals surface area contributed by atoms with Crippen molar-refractivity contribution < 1.29 is 9.90 Å². The molecule has 2 aromatic heterocycles. The van der Waals surface area contributed by atoms with Gasteiger partial charge < -0.3 is 16.6 Å². The van der Waals surface area contributed by atoms with Crippen molar-refractivity contribution in [1.29, 1.82) is 0 Å². The largest absolute Gasteiger partial charge is 0.476 e. The van der Waals surface area contributed by atoms with Crippen molar-refractivity contribution in [3.8, 4) is 0 Å². The predicted molar refractivity (Wildman–Crippen MR) is 48.8 cm³/mol. The molecule has 0 aliphatic carbocycles. The van der Waals surface area contributed by atoms with Crippen LogP contribution in [0.4, 0.5) is 11.4 Å². The summed E-state index contributed by atoms with van der Waals surface area (Å²) >= 11 is 0. The second-order valence-electron chi connectivity index (χ2n) is 2.72. The van der Waals surface area contributed by atoms with Crippen molar-refractivity contribution >= 4 is 23.0 Å². The number of nitrogens with zero attached hydrogens (tertiary/aromatic N) is 3. The Kier molecular flexibility index (Phi) is 1.53. The highest BCUT2D eigenvalue weighted by molar-refractivity contribution is 5.95. The van der Waals surface area contributed by atoms with Gasteiger partial charge in [-0.25, -0.2) is 14.3 Å². The molecule has 0 bridgehead atoms. The van der Waals surface area contributed by atoms with E-state index in [1.807, 2.05) is 0 Å². The fourth-order valence-electron chi connectivity index (χ4n) is 1.13. The van der Waals surface area contributed by atoms with Gasteiger partial charge in [0.1, 0.15) is 5.69 Å². The number of nitrogen functional groups attached to an aromatic ring is 2. The van der Waals surface area contributed by atoms with Crippen molar-refractivity contribution in [3.05, 3.63) is 18.1 Å². The molecule has 0 aliphatic rings. The van der Waals surface area contributed by atoms with Gasteiger partial charge in [0.05, 0.1) is 18.1 Å². The van der Waals surface area contributed by atoms with E-state index < -0.39 is 5.97 Å². The van der Waals surface area contributed by atoms with E-state index in [9.17, 15) is 4.79 Å². The minimum Gasteiger partial charge on any atom is -0.476 e. The van der Waals surface area contributed by atoms with Gasteiger partial charge in [-0.15, -0.1) is 0 Å². The average molecular weight is 193 g/mol. The van der Waals surface area contributed by atoms with Gasteiger partial charge in [-0.1, -0.05) is 0 Å². The fraction of sp³-hybridized carbons (Fsp3) is 0. The lowest BCUT2D eigenvalue weighted by atomic mass is 10.4. The third-order valence-electron chi connectivity index (χ3n) is 1.73. The van der Waals surface area contributed by atoms with Crippen molar-refractivity contribution in [1.82, 2.24) is 14.6 Å². The summed E-state index contributed by atoms with van der Waals surface area (Å²) in [5, 5.41) is 12.4. The van der Waals surface area contributed by atoms with Crippen LogP contribution in [-0.4, -0.2) is 25.7 Å². The molecule has 14 heavy (non-hydrogen) atoms. The average Bonchev–Trinajstić information content (AvgIpc) is 2.43. The molecular formula is C7H7N5O2. The Morgan fingerprint density at radius 2 is 2.21 bits per heavy atom. The monoisotopic (exact) mass is 193 g/mol. The third-order valence-corrected chi connectivity index (χ3v) is 1.73. The molecule has 0 unspecified atom stereocenters. The molecule has 2 rings (SSSR count).